The molecule has 0 amide bonds. The van der Waals surface area contributed by atoms with Crippen LogP contribution in [0.2, 0.25) is 0 Å². The summed E-state index contributed by atoms with van der Waals surface area (Å²) in [5, 5.41) is 10.1. The first-order valence-electron chi connectivity index (χ1n) is 7.76. The van der Waals surface area contributed by atoms with Crippen molar-refractivity contribution in [3.05, 3.63) is 74.5 Å². The first kappa shape index (κ1) is 14.7. The van der Waals surface area contributed by atoms with Gasteiger partial charge in [-0.1, -0.05) is 12.1 Å². The Morgan fingerprint density at radius 3 is 2.88 bits per heavy atom. The maximum absolute atomic E-state index is 12.6. The molecule has 3 heterocycles. The molecule has 0 spiro atoms. The second-order valence-corrected chi connectivity index (χ2v) is 6.00. The predicted molar refractivity (Wildman–Crippen MR) is 89.0 cm³/mol. The van der Waals surface area contributed by atoms with Gasteiger partial charge in [0.2, 0.25) is 5.43 Å². The summed E-state index contributed by atoms with van der Waals surface area (Å²) in [6.07, 6.45) is 2.99. The molecule has 0 radical (unpaired) electrons. The zero-order chi connectivity index (χ0) is 16.7. The van der Waals surface area contributed by atoms with Crippen LogP contribution >= 0.6 is 0 Å². The predicted octanol–water partition coefficient (Wildman–Crippen LogP) is 1.68. The number of benzene rings is 1. The Labute approximate surface area is 137 Å². The Kier molecular flexibility index (Phi) is 3.46. The van der Waals surface area contributed by atoms with Crippen LogP contribution in [-0.4, -0.2) is 21.1 Å². The topological polar surface area (TPSA) is 75.7 Å². The molecule has 6 nitrogen and oxygen atoms in total. The van der Waals surface area contributed by atoms with E-state index in [4.69, 9.17) is 4.42 Å². The van der Waals surface area contributed by atoms with Gasteiger partial charge in [0.25, 0.3) is 0 Å². The summed E-state index contributed by atoms with van der Waals surface area (Å²) in [6.45, 7) is 2.38. The van der Waals surface area contributed by atoms with Crippen molar-refractivity contribution in [2.75, 3.05) is 6.54 Å². The number of hydrogen-bond donors (Lipinski definition) is 1. The van der Waals surface area contributed by atoms with E-state index < -0.39 is 0 Å². The number of rotatable bonds is 2. The highest BCUT2D eigenvalue weighted by Crippen LogP contribution is 2.17. The minimum absolute atomic E-state index is 0.0227. The molecule has 0 atom stereocenters. The van der Waals surface area contributed by atoms with Crippen LogP contribution in [0.25, 0.3) is 11.0 Å². The second-order valence-electron chi connectivity index (χ2n) is 6.00. The molecule has 0 saturated carbocycles. The third-order valence-electron chi connectivity index (χ3n) is 4.39. The average Bonchev–Trinajstić information content (AvgIpc) is 2.59. The number of aromatic hydroxyl groups is 1. The van der Waals surface area contributed by atoms with Crippen molar-refractivity contribution >= 4 is 11.0 Å². The van der Waals surface area contributed by atoms with Crippen LogP contribution in [0.5, 0.6) is 5.75 Å². The van der Waals surface area contributed by atoms with E-state index in [1.54, 1.807) is 12.1 Å². The lowest BCUT2D eigenvalue weighted by Gasteiger charge is -2.29. The van der Waals surface area contributed by atoms with Gasteiger partial charge in [-0.3, -0.25) is 14.5 Å². The van der Waals surface area contributed by atoms with Crippen molar-refractivity contribution in [3.63, 3.8) is 0 Å². The van der Waals surface area contributed by atoms with E-state index in [1.807, 2.05) is 16.7 Å². The Bertz CT molecular complexity index is 1040. The lowest BCUT2D eigenvalue weighted by Crippen LogP contribution is -2.35. The summed E-state index contributed by atoms with van der Waals surface area (Å²) in [4.78, 5) is 26.3. The van der Waals surface area contributed by atoms with Crippen LogP contribution in [0.3, 0.4) is 0 Å². The van der Waals surface area contributed by atoms with E-state index in [9.17, 15) is 14.7 Å². The molecule has 6 heteroatoms. The summed E-state index contributed by atoms with van der Waals surface area (Å²) in [5.41, 5.74) is 1.61. The first-order valence-corrected chi connectivity index (χ1v) is 7.76. The molecule has 0 aliphatic carbocycles. The number of hydrogen-bond acceptors (Lipinski definition) is 5. The Hall–Kier alpha value is -2.86. The van der Waals surface area contributed by atoms with Crippen molar-refractivity contribution in [2.45, 2.75) is 19.6 Å². The van der Waals surface area contributed by atoms with Gasteiger partial charge in [0.05, 0.1) is 17.8 Å². The molecule has 0 unspecified atom stereocenters. The molecule has 0 fully saturated rings. The maximum atomic E-state index is 12.6. The van der Waals surface area contributed by atoms with E-state index >= 15 is 0 Å². The highest BCUT2D eigenvalue weighted by atomic mass is 16.3. The van der Waals surface area contributed by atoms with Crippen molar-refractivity contribution in [1.29, 1.82) is 0 Å². The minimum Gasteiger partial charge on any atom is -0.503 e. The highest BCUT2D eigenvalue weighted by molar-refractivity contribution is 5.76. The summed E-state index contributed by atoms with van der Waals surface area (Å²) < 4.78 is 7.43. The maximum Gasteiger partial charge on any atom is 0.223 e. The number of aromatic nitrogens is 1. The fourth-order valence-electron chi connectivity index (χ4n) is 3.11. The second kappa shape index (κ2) is 5.65. The van der Waals surface area contributed by atoms with Gasteiger partial charge in [-0.25, -0.2) is 0 Å². The minimum atomic E-state index is -0.381. The van der Waals surface area contributed by atoms with Gasteiger partial charge in [-0.05, 0) is 12.1 Å². The van der Waals surface area contributed by atoms with Gasteiger partial charge in [-0.2, -0.15) is 0 Å². The molecular formula is C18H16N2O4. The molecule has 1 aliphatic heterocycles. The van der Waals surface area contributed by atoms with Gasteiger partial charge < -0.3 is 14.1 Å². The van der Waals surface area contributed by atoms with Gasteiger partial charge in [0, 0.05) is 43.5 Å². The van der Waals surface area contributed by atoms with Crippen LogP contribution in [-0.2, 0) is 19.6 Å². The van der Waals surface area contributed by atoms with E-state index in [-0.39, 0.29) is 16.6 Å². The lowest BCUT2D eigenvalue weighted by molar-refractivity contribution is 0.208. The third-order valence-corrected chi connectivity index (χ3v) is 4.39. The molecule has 0 saturated heterocycles. The molecule has 1 N–H and O–H groups in total. The smallest absolute Gasteiger partial charge is 0.223 e. The van der Waals surface area contributed by atoms with Crippen molar-refractivity contribution < 1.29 is 9.52 Å². The molecule has 3 aromatic rings. The molecule has 24 heavy (non-hydrogen) atoms. The zero-order valence-corrected chi connectivity index (χ0v) is 12.9. The zero-order valence-electron chi connectivity index (χ0n) is 12.9. The van der Waals surface area contributed by atoms with E-state index in [0.717, 1.165) is 12.2 Å². The van der Waals surface area contributed by atoms with Crippen molar-refractivity contribution in [1.82, 2.24) is 9.47 Å². The molecule has 1 aromatic carbocycles. The van der Waals surface area contributed by atoms with E-state index in [1.165, 1.54) is 18.5 Å². The number of nitrogens with zero attached hydrogens (tertiary/aromatic N) is 2. The number of para-hydroxylation sites is 1. The van der Waals surface area contributed by atoms with Crippen LogP contribution < -0.4 is 10.9 Å². The van der Waals surface area contributed by atoms with Crippen LogP contribution in [0.15, 0.2) is 56.8 Å². The SMILES string of the molecule is O=c1cc2n(cc1O)CCN(Cc1coc3ccccc3c1=O)C2. The number of fused-ring (bicyclic) bond motifs is 2. The molecule has 2 aromatic heterocycles. The average molecular weight is 324 g/mol. The monoisotopic (exact) mass is 324 g/mol. The van der Waals surface area contributed by atoms with E-state index in [2.05, 4.69) is 4.90 Å². The summed E-state index contributed by atoms with van der Waals surface area (Å²) in [5.74, 6) is -0.234. The summed E-state index contributed by atoms with van der Waals surface area (Å²) >= 11 is 0. The largest absolute Gasteiger partial charge is 0.503 e. The quantitative estimate of drug-likeness (QED) is 0.776. The Balaban J connectivity index is 1.63. The van der Waals surface area contributed by atoms with Crippen molar-refractivity contribution in [3.8, 4) is 5.75 Å². The summed E-state index contributed by atoms with van der Waals surface area (Å²) in [7, 11) is 0. The normalized spacial score (nSPS) is 14.7. The Morgan fingerprint density at radius 2 is 2.00 bits per heavy atom. The third kappa shape index (κ3) is 2.51. The molecule has 0 bridgehead atoms. The molecule has 4 rings (SSSR count). The van der Waals surface area contributed by atoms with Crippen LogP contribution in [0.4, 0.5) is 0 Å². The van der Waals surface area contributed by atoms with Crippen LogP contribution in [0, 0.1) is 0 Å². The van der Waals surface area contributed by atoms with Crippen molar-refractivity contribution in [2.24, 2.45) is 0 Å². The van der Waals surface area contributed by atoms with Gasteiger partial charge >= 0.3 is 0 Å². The Morgan fingerprint density at radius 1 is 1.17 bits per heavy atom. The first-order chi connectivity index (χ1) is 11.6. The fourth-order valence-corrected chi connectivity index (χ4v) is 3.11. The highest BCUT2D eigenvalue weighted by Gasteiger charge is 2.18. The molecule has 122 valence electrons. The van der Waals surface area contributed by atoms with Gasteiger partial charge in [-0.15, -0.1) is 0 Å². The van der Waals surface area contributed by atoms with Crippen LogP contribution in [0.1, 0.15) is 11.3 Å². The lowest BCUT2D eigenvalue weighted by atomic mass is 10.1. The summed E-state index contributed by atoms with van der Waals surface area (Å²) in [6, 6.07) is 8.64. The van der Waals surface area contributed by atoms with Gasteiger partial charge in [0.1, 0.15) is 5.58 Å². The number of pyridine rings is 1. The molecular weight excluding hydrogens is 308 g/mol. The van der Waals surface area contributed by atoms with E-state index in [0.29, 0.717) is 36.2 Å². The fraction of sp³-hybridized carbons (Fsp3) is 0.222. The molecule has 1 aliphatic rings. The van der Waals surface area contributed by atoms with Gasteiger partial charge in [0.15, 0.2) is 11.2 Å². The standard InChI is InChI=1S/C18H16N2O4/c21-15-7-13-9-19(5-6-20(13)10-16(15)22)8-12-11-24-17-4-2-1-3-14(17)18(12)23/h1-4,7,10-11,22H,5-6,8-9H2.